The van der Waals surface area contributed by atoms with Gasteiger partial charge >= 0.3 is 0 Å². The van der Waals surface area contributed by atoms with Gasteiger partial charge in [0.05, 0.1) is 24.3 Å². The lowest BCUT2D eigenvalue weighted by atomic mass is 10.1. The monoisotopic (exact) mass is 260 g/mol. The van der Waals surface area contributed by atoms with Gasteiger partial charge in [0.2, 0.25) is 0 Å². The van der Waals surface area contributed by atoms with Crippen molar-refractivity contribution in [3.05, 3.63) is 48.0 Å². The topological polar surface area (TPSA) is 47.3 Å². The molecule has 0 saturated heterocycles. The minimum atomic E-state index is -0.478. The van der Waals surface area contributed by atoms with Crippen LogP contribution in [0, 0.1) is 0 Å². The number of aryl methyl sites for hydroxylation is 1. The lowest BCUT2D eigenvalue weighted by molar-refractivity contribution is 0.198. The quantitative estimate of drug-likeness (QED) is 0.868. The predicted molar refractivity (Wildman–Crippen MR) is 73.9 cm³/mol. The second-order valence-corrected chi connectivity index (χ2v) is 4.62. The molecule has 19 heavy (non-hydrogen) atoms. The Morgan fingerprint density at radius 2 is 2.26 bits per heavy atom. The number of benzene rings is 1. The average Bonchev–Trinajstić information content (AvgIpc) is 2.85. The first-order valence-electron chi connectivity index (χ1n) is 6.60. The van der Waals surface area contributed by atoms with Crippen molar-refractivity contribution in [2.75, 3.05) is 0 Å². The van der Waals surface area contributed by atoms with Crippen molar-refractivity contribution in [3.63, 3.8) is 0 Å². The van der Waals surface area contributed by atoms with Crippen LogP contribution in [0.15, 0.2) is 36.8 Å². The van der Waals surface area contributed by atoms with Gasteiger partial charge in [-0.1, -0.05) is 19.1 Å². The third-order valence-electron chi connectivity index (χ3n) is 2.99. The number of aromatic nitrogens is 2. The summed E-state index contributed by atoms with van der Waals surface area (Å²) in [5.41, 5.74) is 1.92. The summed E-state index contributed by atoms with van der Waals surface area (Å²) in [5, 5.41) is 9.54. The highest BCUT2D eigenvalue weighted by Gasteiger charge is 2.05. The second kappa shape index (κ2) is 6.38. The van der Waals surface area contributed by atoms with Crippen LogP contribution in [0.2, 0.25) is 0 Å². The Morgan fingerprint density at radius 3 is 3.00 bits per heavy atom. The fraction of sp³-hybridized carbons (Fsp3) is 0.400. The molecule has 0 fully saturated rings. The molecule has 1 atom stereocenters. The molecule has 0 amide bonds. The summed E-state index contributed by atoms with van der Waals surface area (Å²) in [4.78, 5) is 4.14. The molecule has 2 rings (SSSR count). The molecule has 0 saturated carbocycles. The van der Waals surface area contributed by atoms with Crippen molar-refractivity contribution in [1.82, 2.24) is 9.55 Å². The van der Waals surface area contributed by atoms with Gasteiger partial charge in [-0.15, -0.1) is 0 Å². The lowest BCUT2D eigenvalue weighted by Crippen LogP contribution is -2.05. The third kappa shape index (κ3) is 3.58. The molecule has 4 nitrogen and oxygen atoms in total. The highest BCUT2D eigenvalue weighted by atomic mass is 16.5. The number of nitrogens with zero attached hydrogens (tertiary/aromatic N) is 2. The first-order valence-corrected chi connectivity index (χ1v) is 6.60. The van der Waals surface area contributed by atoms with Gasteiger partial charge in [-0.2, -0.15) is 0 Å². The fourth-order valence-electron chi connectivity index (χ4n) is 1.93. The molecule has 0 aliphatic rings. The van der Waals surface area contributed by atoms with Crippen LogP contribution >= 0.6 is 0 Å². The number of ether oxygens (including phenoxy) is 1. The van der Waals surface area contributed by atoms with Gasteiger partial charge in [0, 0.05) is 6.54 Å². The molecular weight excluding hydrogens is 240 g/mol. The molecule has 2 aromatic rings. The SMILES string of the molecule is CCCn1cncc1COc1cccc([C@H](C)O)c1. The molecule has 1 heterocycles. The molecule has 0 spiro atoms. The third-order valence-corrected chi connectivity index (χ3v) is 2.99. The van der Waals surface area contributed by atoms with E-state index in [1.807, 2.05) is 36.8 Å². The van der Waals surface area contributed by atoms with Crippen LogP contribution < -0.4 is 4.74 Å². The predicted octanol–water partition coefficient (Wildman–Crippen LogP) is 2.93. The van der Waals surface area contributed by atoms with E-state index in [0.717, 1.165) is 30.0 Å². The highest BCUT2D eigenvalue weighted by Crippen LogP contribution is 2.19. The van der Waals surface area contributed by atoms with E-state index in [1.165, 1.54) is 0 Å². The summed E-state index contributed by atoms with van der Waals surface area (Å²) in [6.45, 7) is 5.32. The van der Waals surface area contributed by atoms with Gasteiger partial charge in [0.1, 0.15) is 12.4 Å². The Bertz CT molecular complexity index is 520. The summed E-state index contributed by atoms with van der Waals surface area (Å²) in [6, 6.07) is 7.54. The van der Waals surface area contributed by atoms with Crippen LogP contribution in [0.5, 0.6) is 5.75 Å². The molecule has 102 valence electrons. The van der Waals surface area contributed by atoms with Crippen LogP contribution in [0.25, 0.3) is 0 Å². The smallest absolute Gasteiger partial charge is 0.130 e. The summed E-state index contributed by atoms with van der Waals surface area (Å²) < 4.78 is 7.85. The zero-order valence-electron chi connectivity index (χ0n) is 11.4. The molecular formula is C15H20N2O2. The van der Waals surface area contributed by atoms with Crippen molar-refractivity contribution >= 4 is 0 Å². The molecule has 0 unspecified atom stereocenters. The van der Waals surface area contributed by atoms with Gasteiger partial charge in [0.25, 0.3) is 0 Å². The molecule has 1 aromatic heterocycles. The zero-order valence-corrected chi connectivity index (χ0v) is 11.4. The van der Waals surface area contributed by atoms with Gasteiger partial charge in [0.15, 0.2) is 0 Å². The van der Waals surface area contributed by atoms with E-state index in [1.54, 1.807) is 6.92 Å². The summed E-state index contributed by atoms with van der Waals surface area (Å²) in [5.74, 6) is 0.766. The largest absolute Gasteiger partial charge is 0.487 e. The van der Waals surface area contributed by atoms with E-state index in [-0.39, 0.29) is 0 Å². The molecule has 0 aliphatic heterocycles. The van der Waals surface area contributed by atoms with E-state index >= 15 is 0 Å². The summed E-state index contributed by atoms with van der Waals surface area (Å²) in [7, 11) is 0. The number of hydrogen-bond donors (Lipinski definition) is 1. The van der Waals surface area contributed by atoms with E-state index in [0.29, 0.717) is 6.61 Å². The molecule has 0 bridgehead atoms. The molecule has 1 N–H and O–H groups in total. The Hall–Kier alpha value is -1.81. The van der Waals surface area contributed by atoms with Gasteiger partial charge < -0.3 is 14.4 Å². The van der Waals surface area contributed by atoms with Crippen LogP contribution in [-0.2, 0) is 13.2 Å². The highest BCUT2D eigenvalue weighted by molar-refractivity contribution is 5.29. The minimum absolute atomic E-state index is 0.478. The van der Waals surface area contributed by atoms with E-state index in [4.69, 9.17) is 4.74 Å². The number of aliphatic hydroxyl groups excluding tert-OH is 1. The maximum Gasteiger partial charge on any atom is 0.130 e. The number of imidazole rings is 1. The van der Waals surface area contributed by atoms with Crippen LogP contribution in [-0.4, -0.2) is 14.7 Å². The van der Waals surface area contributed by atoms with Crippen LogP contribution in [0.3, 0.4) is 0 Å². The maximum atomic E-state index is 9.54. The first kappa shape index (κ1) is 13.6. The Morgan fingerprint density at radius 1 is 1.42 bits per heavy atom. The van der Waals surface area contributed by atoms with E-state index in [2.05, 4.69) is 16.5 Å². The van der Waals surface area contributed by atoms with Crippen molar-refractivity contribution in [3.8, 4) is 5.75 Å². The lowest BCUT2D eigenvalue weighted by Gasteiger charge is -2.11. The second-order valence-electron chi connectivity index (χ2n) is 4.62. The van der Waals surface area contributed by atoms with E-state index in [9.17, 15) is 5.11 Å². The van der Waals surface area contributed by atoms with Crippen molar-refractivity contribution in [1.29, 1.82) is 0 Å². The van der Waals surface area contributed by atoms with Crippen molar-refractivity contribution in [2.24, 2.45) is 0 Å². The van der Waals surface area contributed by atoms with Gasteiger partial charge in [-0.05, 0) is 31.0 Å². The zero-order chi connectivity index (χ0) is 13.7. The number of rotatable bonds is 6. The van der Waals surface area contributed by atoms with Crippen LogP contribution in [0.1, 0.15) is 37.6 Å². The average molecular weight is 260 g/mol. The first-order chi connectivity index (χ1) is 9.20. The molecule has 4 heteroatoms. The normalized spacial score (nSPS) is 12.4. The maximum absolute atomic E-state index is 9.54. The van der Waals surface area contributed by atoms with Crippen molar-refractivity contribution in [2.45, 2.75) is 39.5 Å². The molecule has 1 aromatic carbocycles. The number of aliphatic hydroxyl groups is 1. The Kier molecular flexibility index (Phi) is 4.58. The Balaban J connectivity index is 2.02. The summed E-state index contributed by atoms with van der Waals surface area (Å²) >= 11 is 0. The molecule has 0 aliphatic carbocycles. The fourth-order valence-corrected chi connectivity index (χ4v) is 1.93. The van der Waals surface area contributed by atoms with Crippen molar-refractivity contribution < 1.29 is 9.84 Å². The standard InChI is InChI=1S/C15H20N2O2/c1-3-7-17-11-16-9-14(17)10-19-15-6-4-5-13(8-15)12(2)18/h4-6,8-9,11-12,18H,3,7,10H2,1-2H3/t12-/m0/s1. The number of hydrogen-bond acceptors (Lipinski definition) is 3. The van der Waals surface area contributed by atoms with Crippen LogP contribution in [0.4, 0.5) is 0 Å². The van der Waals surface area contributed by atoms with E-state index < -0.39 is 6.10 Å². The minimum Gasteiger partial charge on any atom is -0.487 e. The molecule has 0 radical (unpaired) electrons. The van der Waals surface area contributed by atoms with Gasteiger partial charge in [-0.3, -0.25) is 0 Å². The Labute approximate surface area is 113 Å². The van der Waals surface area contributed by atoms with Gasteiger partial charge in [-0.25, -0.2) is 4.98 Å². The summed E-state index contributed by atoms with van der Waals surface area (Å²) in [6.07, 6.45) is 4.25.